The lowest BCUT2D eigenvalue weighted by Crippen LogP contribution is -2.52. The molecule has 44 heavy (non-hydrogen) atoms. The molecule has 3 amide bonds. The number of aryl methyl sites for hydroxylation is 1. The lowest BCUT2D eigenvalue weighted by Gasteiger charge is -2.31. The highest BCUT2D eigenvalue weighted by atomic mass is 35.5. The highest BCUT2D eigenvalue weighted by Crippen LogP contribution is 2.46. The lowest BCUT2D eigenvalue weighted by molar-refractivity contribution is -0.126. The zero-order valence-corrected chi connectivity index (χ0v) is 24.7. The van der Waals surface area contributed by atoms with Crippen molar-refractivity contribution in [3.05, 3.63) is 131 Å². The van der Waals surface area contributed by atoms with Gasteiger partial charge in [0.1, 0.15) is 11.7 Å². The number of para-hydroxylation sites is 1. The highest BCUT2D eigenvalue weighted by molar-refractivity contribution is 6.31. The molecule has 3 heterocycles. The number of H-pyrrole nitrogens is 1. The first-order valence-electron chi connectivity index (χ1n) is 14.3. The van der Waals surface area contributed by atoms with Crippen molar-refractivity contribution in [2.75, 3.05) is 0 Å². The van der Waals surface area contributed by atoms with E-state index in [4.69, 9.17) is 11.6 Å². The van der Waals surface area contributed by atoms with Crippen LogP contribution in [-0.4, -0.2) is 38.2 Å². The molecule has 0 aliphatic carbocycles. The van der Waals surface area contributed by atoms with E-state index in [9.17, 15) is 14.4 Å². The van der Waals surface area contributed by atoms with Crippen LogP contribution in [0.4, 0.5) is 0 Å². The first kappa shape index (κ1) is 27.5. The number of fused-ring (bicyclic) bond motifs is 3. The Bertz CT molecular complexity index is 2100. The minimum absolute atomic E-state index is 0.255. The van der Waals surface area contributed by atoms with Crippen molar-refractivity contribution < 1.29 is 14.4 Å². The second kappa shape index (κ2) is 10.7. The van der Waals surface area contributed by atoms with Gasteiger partial charge in [0.25, 0.3) is 17.7 Å². The summed E-state index contributed by atoms with van der Waals surface area (Å²) in [6, 6.07) is 31.0. The van der Waals surface area contributed by atoms with Gasteiger partial charge in [-0.25, -0.2) is 0 Å². The Morgan fingerprint density at radius 3 is 2.43 bits per heavy atom. The van der Waals surface area contributed by atoms with Crippen molar-refractivity contribution in [1.29, 1.82) is 0 Å². The van der Waals surface area contributed by atoms with Gasteiger partial charge >= 0.3 is 0 Å². The van der Waals surface area contributed by atoms with Crippen molar-refractivity contribution >= 4 is 51.1 Å². The zero-order chi connectivity index (χ0) is 30.5. The van der Waals surface area contributed by atoms with Crippen LogP contribution in [0.5, 0.6) is 0 Å². The molecule has 0 saturated carbocycles. The summed E-state index contributed by atoms with van der Waals surface area (Å²) in [6.07, 6.45) is 0. The fraction of sp³-hybridized carbons (Fsp3) is 0.114. The van der Waals surface area contributed by atoms with Crippen LogP contribution in [0.3, 0.4) is 0 Å². The maximum absolute atomic E-state index is 14.0. The monoisotopic (exact) mass is 601 g/mol. The molecule has 0 bridgehead atoms. The first-order chi connectivity index (χ1) is 21.3. The van der Waals surface area contributed by atoms with Crippen LogP contribution in [0.1, 0.15) is 44.9 Å². The standard InChI is InChI=1S/C35H28ClN5O3/c1-20(33(42)38-39-34(43)29-19-22-18-23(36)16-17-28(22)40(29)2)41-32(24-12-6-7-13-25(24)35(41)44)30-26-14-8-9-15-27(26)37-31(30)21-10-4-3-5-11-21/h3-20,32,37H,1-2H3,(H,38,42)(H,39,43). The number of nitrogens with zero attached hydrogens (tertiary/aromatic N) is 2. The fourth-order valence-electron chi connectivity index (χ4n) is 6.26. The lowest BCUT2D eigenvalue weighted by atomic mass is 9.92. The van der Waals surface area contributed by atoms with E-state index in [1.807, 2.05) is 78.9 Å². The number of amides is 3. The van der Waals surface area contributed by atoms with Gasteiger partial charge in [-0.2, -0.15) is 0 Å². The van der Waals surface area contributed by atoms with E-state index in [1.165, 1.54) is 0 Å². The molecule has 7 rings (SSSR count). The normalized spacial score (nSPS) is 15.0. The van der Waals surface area contributed by atoms with Gasteiger partial charge in [0, 0.05) is 45.0 Å². The maximum atomic E-state index is 14.0. The van der Waals surface area contributed by atoms with E-state index >= 15 is 0 Å². The van der Waals surface area contributed by atoms with Gasteiger partial charge in [-0.3, -0.25) is 25.2 Å². The van der Waals surface area contributed by atoms with E-state index in [1.54, 1.807) is 47.7 Å². The molecule has 0 saturated heterocycles. The summed E-state index contributed by atoms with van der Waals surface area (Å²) in [4.78, 5) is 46.0. The van der Waals surface area contributed by atoms with E-state index in [2.05, 4.69) is 15.8 Å². The molecule has 2 unspecified atom stereocenters. The summed E-state index contributed by atoms with van der Waals surface area (Å²) in [5, 5.41) is 2.33. The van der Waals surface area contributed by atoms with Gasteiger partial charge in [-0.05, 0) is 54.4 Å². The molecule has 6 aromatic rings. The minimum Gasteiger partial charge on any atom is -0.354 e. The number of aromatic amines is 1. The van der Waals surface area contributed by atoms with Crippen molar-refractivity contribution in [2.24, 2.45) is 7.05 Å². The van der Waals surface area contributed by atoms with Gasteiger partial charge in [0.2, 0.25) is 0 Å². The molecule has 0 fully saturated rings. The van der Waals surface area contributed by atoms with E-state index in [0.29, 0.717) is 16.3 Å². The molecule has 0 spiro atoms. The Labute approximate surface area is 258 Å². The van der Waals surface area contributed by atoms with Crippen LogP contribution in [-0.2, 0) is 11.8 Å². The minimum atomic E-state index is -0.927. The van der Waals surface area contributed by atoms with E-state index < -0.39 is 23.9 Å². The maximum Gasteiger partial charge on any atom is 0.286 e. The third-order valence-corrected chi connectivity index (χ3v) is 8.65. The Hall–Kier alpha value is -5.34. The Balaban J connectivity index is 1.24. The smallest absolute Gasteiger partial charge is 0.286 e. The number of nitrogens with one attached hydrogen (secondary N) is 3. The first-order valence-corrected chi connectivity index (χ1v) is 14.6. The summed E-state index contributed by atoms with van der Waals surface area (Å²) >= 11 is 6.13. The van der Waals surface area contributed by atoms with Crippen molar-refractivity contribution in [2.45, 2.75) is 19.0 Å². The molecule has 2 aromatic heterocycles. The molecular weight excluding hydrogens is 574 g/mol. The van der Waals surface area contributed by atoms with Crippen molar-refractivity contribution in [3.63, 3.8) is 0 Å². The predicted octanol–water partition coefficient (Wildman–Crippen LogP) is 6.37. The summed E-state index contributed by atoms with van der Waals surface area (Å²) < 4.78 is 1.73. The van der Waals surface area contributed by atoms with E-state index in [0.717, 1.165) is 44.2 Å². The second-order valence-corrected chi connectivity index (χ2v) is 11.4. The van der Waals surface area contributed by atoms with Crippen LogP contribution < -0.4 is 10.9 Å². The Morgan fingerprint density at radius 2 is 1.61 bits per heavy atom. The number of carbonyl (C=O) groups is 3. The topological polar surface area (TPSA) is 99.2 Å². The molecule has 0 radical (unpaired) electrons. The number of hydrogen-bond acceptors (Lipinski definition) is 3. The van der Waals surface area contributed by atoms with Gasteiger partial charge in [-0.15, -0.1) is 0 Å². The number of hydrazine groups is 1. The third-order valence-electron chi connectivity index (χ3n) is 8.41. The third kappa shape index (κ3) is 4.42. The summed E-state index contributed by atoms with van der Waals surface area (Å²) in [7, 11) is 1.77. The average Bonchev–Trinajstić information content (AvgIpc) is 3.68. The second-order valence-electron chi connectivity index (χ2n) is 10.9. The van der Waals surface area contributed by atoms with Crippen LogP contribution in [0.2, 0.25) is 5.02 Å². The molecular formula is C35H28ClN5O3. The van der Waals surface area contributed by atoms with Gasteiger partial charge in [0.15, 0.2) is 0 Å². The zero-order valence-electron chi connectivity index (χ0n) is 24.0. The van der Waals surface area contributed by atoms with Crippen LogP contribution in [0, 0.1) is 0 Å². The number of benzene rings is 4. The number of halogens is 1. The number of hydrogen-bond donors (Lipinski definition) is 3. The van der Waals surface area contributed by atoms with Crippen molar-refractivity contribution in [1.82, 2.24) is 25.3 Å². The van der Waals surface area contributed by atoms with Crippen LogP contribution in [0.15, 0.2) is 103 Å². The summed E-state index contributed by atoms with van der Waals surface area (Å²) in [5.41, 5.74) is 11.3. The number of aromatic nitrogens is 2. The molecule has 4 aromatic carbocycles. The van der Waals surface area contributed by atoms with Crippen LogP contribution >= 0.6 is 11.6 Å². The Morgan fingerprint density at radius 1 is 0.886 bits per heavy atom. The quantitative estimate of drug-likeness (QED) is 0.200. The largest absolute Gasteiger partial charge is 0.354 e. The van der Waals surface area contributed by atoms with Crippen molar-refractivity contribution in [3.8, 4) is 11.3 Å². The van der Waals surface area contributed by atoms with Gasteiger partial charge in [0.05, 0.1) is 11.7 Å². The molecule has 2 atom stereocenters. The van der Waals surface area contributed by atoms with Gasteiger partial charge in [-0.1, -0.05) is 78.3 Å². The van der Waals surface area contributed by atoms with E-state index in [-0.39, 0.29) is 5.91 Å². The molecule has 218 valence electrons. The summed E-state index contributed by atoms with van der Waals surface area (Å²) in [6.45, 7) is 1.67. The SMILES string of the molecule is CC(C(=O)NNC(=O)c1cc2cc(Cl)ccc2n1C)N1C(=O)c2ccccc2C1c1c(-c2ccccc2)[nH]c2ccccc12. The fourth-order valence-corrected chi connectivity index (χ4v) is 6.44. The molecule has 1 aliphatic heterocycles. The highest BCUT2D eigenvalue weighted by Gasteiger charge is 2.44. The predicted molar refractivity (Wildman–Crippen MR) is 171 cm³/mol. The molecule has 3 N–H and O–H groups in total. The van der Waals surface area contributed by atoms with Gasteiger partial charge < -0.3 is 14.5 Å². The molecule has 9 heteroatoms. The molecule has 1 aliphatic rings. The molecule has 8 nitrogen and oxygen atoms in total. The number of carbonyl (C=O) groups excluding carboxylic acids is 3. The summed E-state index contributed by atoms with van der Waals surface area (Å²) in [5.74, 6) is -1.27. The average molecular weight is 602 g/mol. The number of rotatable bonds is 5. The van der Waals surface area contributed by atoms with Crippen LogP contribution in [0.25, 0.3) is 33.1 Å². The Kier molecular flexibility index (Phi) is 6.71.